The van der Waals surface area contributed by atoms with Gasteiger partial charge in [-0.1, -0.05) is 52.3 Å². The third kappa shape index (κ3) is 4.54. The van der Waals surface area contributed by atoms with Gasteiger partial charge in [-0.3, -0.25) is 9.69 Å². The summed E-state index contributed by atoms with van der Waals surface area (Å²) in [6.45, 7) is 0.647. The lowest BCUT2D eigenvalue weighted by molar-refractivity contribution is -0.125. The van der Waals surface area contributed by atoms with Crippen LogP contribution in [-0.4, -0.2) is 42.5 Å². The van der Waals surface area contributed by atoms with Crippen LogP contribution in [-0.2, 0) is 17.6 Å². The van der Waals surface area contributed by atoms with Crippen LogP contribution in [0.25, 0.3) is 10.9 Å². The van der Waals surface area contributed by atoms with Gasteiger partial charge in [0.25, 0.3) is 0 Å². The number of H-pyrrole nitrogens is 1. The molecule has 0 bridgehead atoms. The van der Waals surface area contributed by atoms with Crippen LogP contribution in [0.2, 0.25) is 0 Å². The number of nitrogens with zero attached hydrogens (tertiary/aromatic N) is 1. The summed E-state index contributed by atoms with van der Waals surface area (Å²) in [4.78, 5) is 18.0. The lowest BCUT2D eigenvalue weighted by Gasteiger charge is -2.23. The fourth-order valence-corrected chi connectivity index (χ4v) is 3.50. The molecule has 1 unspecified atom stereocenters. The summed E-state index contributed by atoms with van der Waals surface area (Å²) in [6.07, 6.45) is 3.52. The Morgan fingerprint density at radius 2 is 1.96 bits per heavy atom. The summed E-state index contributed by atoms with van der Waals surface area (Å²) in [5, 5.41) is 4.25. The normalized spacial score (nSPS) is 12.5. The van der Waals surface area contributed by atoms with Gasteiger partial charge in [-0.25, -0.2) is 0 Å². The summed E-state index contributed by atoms with van der Waals surface area (Å²) in [6, 6.07) is 16.2. The van der Waals surface area contributed by atoms with E-state index in [2.05, 4.69) is 50.5 Å². The van der Waals surface area contributed by atoms with Gasteiger partial charge in [0.1, 0.15) is 0 Å². The predicted molar refractivity (Wildman–Crippen MR) is 110 cm³/mol. The van der Waals surface area contributed by atoms with Gasteiger partial charge >= 0.3 is 0 Å². The third-order valence-electron chi connectivity index (χ3n) is 4.62. The summed E-state index contributed by atoms with van der Waals surface area (Å²) >= 11 is 3.49. The van der Waals surface area contributed by atoms with Gasteiger partial charge in [0.05, 0.1) is 6.04 Å². The maximum Gasteiger partial charge on any atom is 0.237 e. The van der Waals surface area contributed by atoms with Gasteiger partial charge in [-0.05, 0) is 50.2 Å². The number of hydrogen-bond acceptors (Lipinski definition) is 2. The molecule has 1 amide bonds. The summed E-state index contributed by atoms with van der Waals surface area (Å²) < 4.78 is 1.04. The van der Waals surface area contributed by atoms with Gasteiger partial charge in [-0.15, -0.1) is 0 Å². The molecule has 3 aromatic rings. The largest absolute Gasteiger partial charge is 0.361 e. The molecule has 0 spiro atoms. The Bertz CT molecular complexity index is 873. The Kier molecular flexibility index (Phi) is 6.12. The highest BCUT2D eigenvalue weighted by atomic mass is 79.9. The van der Waals surface area contributed by atoms with Crippen molar-refractivity contribution < 1.29 is 4.79 Å². The van der Waals surface area contributed by atoms with Crippen LogP contribution in [0.5, 0.6) is 0 Å². The van der Waals surface area contributed by atoms with E-state index in [1.165, 1.54) is 5.56 Å². The Morgan fingerprint density at radius 3 is 2.69 bits per heavy atom. The average Bonchev–Trinajstić information content (AvgIpc) is 3.02. The number of fused-ring (bicyclic) bond motifs is 1. The molecule has 0 saturated heterocycles. The number of hydrogen-bond donors (Lipinski definition) is 2. The lowest BCUT2D eigenvalue weighted by Crippen LogP contribution is -2.45. The Labute approximate surface area is 162 Å². The highest BCUT2D eigenvalue weighted by Crippen LogP contribution is 2.23. The van der Waals surface area contributed by atoms with Crippen molar-refractivity contribution in [3.05, 3.63) is 70.3 Å². The van der Waals surface area contributed by atoms with Gasteiger partial charge in [-0.2, -0.15) is 0 Å². The van der Waals surface area contributed by atoms with Crippen molar-refractivity contribution in [2.24, 2.45) is 0 Å². The van der Waals surface area contributed by atoms with Gasteiger partial charge in [0.15, 0.2) is 0 Å². The quantitative estimate of drug-likeness (QED) is 0.619. The first-order valence-corrected chi connectivity index (χ1v) is 9.57. The van der Waals surface area contributed by atoms with Crippen molar-refractivity contribution in [3.8, 4) is 0 Å². The second-order valence-corrected chi connectivity index (χ2v) is 7.63. The van der Waals surface area contributed by atoms with Crippen LogP contribution in [0, 0.1) is 0 Å². The number of halogens is 1. The molecule has 0 radical (unpaired) electrons. The number of aromatic amines is 1. The second kappa shape index (κ2) is 8.52. The smallest absolute Gasteiger partial charge is 0.237 e. The molecule has 1 heterocycles. The molecule has 0 aliphatic rings. The molecule has 136 valence electrons. The molecular formula is C21H24BrN3O. The van der Waals surface area contributed by atoms with E-state index in [1.807, 2.05) is 49.5 Å². The SMILES string of the molecule is CN(C)C(Cc1c[nH]c2cc(Br)ccc12)C(=O)NCCc1ccccc1. The van der Waals surface area contributed by atoms with Crippen molar-refractivity contribution >= 4 is 32.7 Å². The second-order valence-electron chi connectivity index (χ2n) is 6.71. The van der Waals surface area contributed by atoms with E-state index >= 15 is 0 Å². The number of carbonyl (C=O) groups is 1. The first kappa shape index (κ1) is 18.7. The van der Waals surface area contributed by atoms with E-state index in [1.54, 1.807) is 0 Å². The number of rotatable bonds is 7. The zero-order chi connectivity index (χ0) is 18.5. The van der Waals surface area contributed by atoms with Crippen LogP contribution in [0.3, 0.4) is 0 Å². The van der Waals surface area contributed by atoms with Gasteiger partial charge in [0, 0.05) is 28.1 Å². The molecule has 26 heavy (non-hydrogen) atoms. The number of amides is 1. The Balaban J connectivity index is 1.65. The van der Waals surface area contributed by atoms with Crippen LogP contribution in [0.1, 0.15) is 11.1 Å². The first-order valence-electron chi connectivity index (χ1n) is 8.78. The maximum atomic E-state index is 12.7. The zero-order valence-electron chi connectivity index (χ0n) is 15.1. The van der Waals surface area contributed by atoms with E-state index in [-0.39, 0.29) is 11.9 Å². The number of aromatic nitrogens is 1. The van der Waals surface area contributed by atoms with Crippen molar-refractivity contribution in [1.82, 2.24) is 15.2 Å². The fourth-order valence-electron chi connectivity index (χ4n) is 3.14. The monoisotopic (exact) mass is 413 g/mol. The number of carbonyl (C=O) groups excluding carboxylic acids is 1. The van der Waals surface area contributed by atoms with E-state index in [9.17, 15) is 4.79 Å². The molecule has 0 saturated carbocycles. The molecule has 0 aliphatic heterocycles. The van der Waals surface area contributed by atoms with Crippen molar-refractivity contribution in [2.45, 2.75) is 18.9 Å². The molecule has 1 atom stereocenters. The van der Waals surface area contributed by atoms with E-state index in [0.717, 1.165) is 27.4 Å². The van der Waals surface area contributed by atoms with E-state index in [4.69, 9.17) is 0 Å². The van der Waals surface area contributed by atoms with Crippen molar-refractivity contribution in [3.63, 3.8) is 0 Å². The molecule has 3 rings (SSSR count). The number of benzene rings is 2. The lowest BCUT2D eigenvalue weighted by atomic mass is 10.0. The van der Waals surface area contributed by atoms with Crippen molar-refractivity contribution in [2.75, 3.05) is 20.6 Å². The third-order valence-corrected chi connectivity index (χ3v) is 5.12. The van der Waals surface area contributed by atoms with Crippen LogP contribution >= 0.6 is 15.9 Å². The summed E-state index contributed by atoms with van der Waals surface area (Å²) in [5.41, 5.74) is 3.47. The predicted octanol–water partition coefficient (Wildman–Crippen LogP) is 3.76. The number of likely N-dealkylation sites (N-methyl/N-ethyl adjacent to an activating group) is 1. The van der Waals surface area contributed by atoms with E-state index < -0.39 is 0 Å². The maximum absolute atomic E-state index is 12.7. The average molecular weight is 414 g/mol. The van der Waals surface area contributed by atoms with Crippen molar-refractivity contribution in [1.29, 1.82) is 0 Å². The standard InChI is InChI=1S/C21H24BrN3O/c1-25(2)20(21(26)23-11-10-15-6-4-3-5-7-15)12-16-14-24-19-13-17(22)8-9-18(16)19/h3-9,13-14,20,24H,10-12H2,1-2H3,(H,23,26). The molecule has 0 aliphatic carbocycles. The molecule has 1 aromatic heterocycles. The molecule has 5 heteroatoms. The number of nitrogens with one attached hydrogen (secondary N) is 2. The van der Waals surface area contributed by atoms with Crippen LogP contribution in [0.15, 0.2) is 59.2 Å². The minimum Gasteiger partial charge on any atom is -0.361 e. The zero-order valence-corrected chi connectivity index (χ0v) is 16.7. The summed E-state index contributed by atoms with van der Waals surface area (Å²) in [5.74, 6) is 0.0670. The minimum atomic E-state index is -0.201. The fraction of sp³-hybridized carbons (Fsp3) is 0.286. The van der Waals surface area contributed by atoms with Crippen LogP contribution < -0.4 is 5.32 Å². The molecular weight excluding hydrogens is 390 g/mol. The van der Waals surface area contributed by atoms with Gasteiger partial charge < -0.3 is 10.3 Å². The Morgan fingerprint density at radius 1 is 1.19 bits per heavy atom. The van der Waals surface area contributed by atoms with Gasteiger partial charge in [0.2, 0.25) is 5.91 Å². The minimum absolute atomic E-state index is 0.0670. The van der Waals surface area contributed by atoms with E-state index in [0.29, 0.717) is 13.0 Å². The Hall–Kier alpha value is -2.11. The molecule has 0 fully saturated rings. The summed E-state index contributed by atoms with van der Waals surface area (Å²) in [7, 11) is 3.90. The van der Waals surface area contributed by atoms with Crippen LogP contribution in [0.4, 0.5) is 0 Å². The molecule has 2 N–H and O–H groups in total. The topological polar surface area (TPSA) is 48.1 Å². The highest BCUT2D eigenvalue weighted by Gasteiger charge is 2.22. The highest BCUT2D eigenvalue weighted by molar-refractivity contribution is 9.10. The molecule has 4 nitrogen and oxygen atoms in total. The first-order chi connectivity index (χ1) is 12.5. The molecule has 2 aromatic carbocycles.